The smallest absolute Gasteiger partial charge is 0.303 e. The average Bonchev–Trinajstić information content (AvgIpc) is 2.14. The van der Waals surface area contributed by atoms with Gasteiger partial charge < -0.3 is 4.90 Å². The zero-order chi connectivity index (χ0) is 11.5. The molecule has 1 atom stereocenters. The van der Waals surface area contributed by atoms with E-state index in [-0.39, 0.29) is 6.54 Å². The summed E-state index contributed by atoms with van der Waals surface area (Å²) in [7, 11) is 0. The molecule has 15 heavy (non-hydrogen) atoms. The highest BCUT2D eigenvalue weighted by molar-refractivity contribution is 4.75. The lowest BCUT2D eigenvalue weighted by Gasteiger charge is -2.34. The van der Waals surface area contributed by atoms with E-state index in [1.165, 1.54) is 6.42 Å². The summed E-state index contributed by atoms with van der Waals surface area (Å²) < 4.78 is 36.1. The van der Waals surface area contributed by atoms with Crippen LogP contribution in [0.15, 0.2) is 0 Å². The zero-order valence-electron chi connectivity index (χ0n) is 9.48. The number of hydrogen-bond acceptors (Lipinski definition) is 1. The molecule has 4 heteroatoms. The summed E-state index contributed by atoms with van der Waals surface area (Å²) in [6.07, 6.45) is -2.47. The Morgan fingerprint density at radius 1 is 1.33 bits per heavy atom. The largest absolute Gasteiger partial charge is 0.390 e. The van der Waals surface area contributed by atoms with Gasteiger partial charge in [-0.1, -0.05) is 13.8 Å². The number of halogens is 3. The maximum absolute atomic E-state index is 12.0. The van der Waals surface area contributed by atoms with Gasteiger partial charge in [0.1, 0.15) is 0 Å². The van der Waals surface area contributed by atoms with Crippen LogP contribution in [0, 0.1) is 11.8 Å². The molecule has 0 bridgehead atoms. The molecule has 1 fully saturated rings. The molecular weight excluding hydrogens is 203 g/mol. The minimum absolute atomic E-state index is 0.173. The first kappa shape index (κ1) is 12.8. The summed E-state index contributed by atoms with van der Waals surface area (Å²) >= 11 is 0. The molecule has 0 saturated carbocycles. The Balaban J connectivity index is 2.30. The van der Waals surface area contributed by atoms with E-state index in [9.17, 15) is 13.2 Å². The van der Waals surface area contributed by atoms with Crippen LogP contribution >= 0.6 is 0 Å². The van der Waals surface area contributed by atoms with Crippen LogP contribution in [0.1, 0.15) is 33.1 Å². The number of likely N-dealkylation sites (tertiary alicyclic amines) is 1. The van der Waals surface area contributed by atoms with Crippen molar-refractivity contribution in [2.75, 3.05) is 19.6 Å². The first-order valence-electron chi connectivity index (χ1n) is 5.67. The Bertz CT molecular complexity index is 189. The van der Waals surface area contributed by atoms with Crippen molar-refractivity contribution in [3.05, 3.63) is 0 Å². The molecule has 1 nitrogen and oxygen atoms in total. The van der Waals surface area contributed by atoms with Gasteiger partial charge in [0.2, 0.25) is 0 Å². The van der Waals surface area contributed by atoms with Crippen LogP contribution in [-0.2, 0) is 0 Å². The molecule has 0 aliphatic carbocycles. The van der Waals surface area contributed by atoms with Crippen LogP contribution in [0.5, 0.6) is 0 Å². The standard InChI is InChI=1S/C11H20F3N/c1-9(2)10-4-3-6-15(8-10)7-5-11(12,13)14/h9-10H,3-8H2,1-2H3. The highest BCUT2D eigenvalue weighted by Crippen LogP contribution is 2.25. The third-order valence-corrected chi connectivity index (χ3v) is 3.20. The number of alkyl halides is 3. The normalized spacial score (nSPS) is 24.8. The molecule has 1 unspecified atom stereocenters. The van der Waals surface area contributed by atoms with Crippen molar-refractivity contribution in [1.82, 2.24) is 4.90 Å². The van der Waals surface area contributed by atoms with E-state index in [0.717, 1.165) is 19.5 Å². The molecule has 1 aliphatic rings. The van der Waals surface area contributed by atoms with Crippen LogP contribution < -0.4 is 0 Å². The predicted molar refractivity (Wildman–Crippen MR) is 54.7 cm³/mol. The quantitative estimate of drug-likeness (QED) is 0.709. The van der Waals surface area contributed by atoms with Gasteiger partial charge in [-0.2, -0.15) is 13.2 Å². The highest BCUT2D eigenvalue weighted by Gasteiger charge is 2.29. The predicted octanol–water partition coefficient (Wildman–Crippen LogP) is 3.31. The maximum Gasteiger partial charge on any atom is 0.390 e. The Hall–Kier alpha value is -0.250. The van der Waals surface area contributed by atoms with Crippen molar-refractivity contribution >= 4 is 0 Å². The second-order valence-electron chi connectivity index (χ2n) is 4.81. The van der Waals surface area contributed by atoms with E-state index in [1.807, 2.05) is 4.90 Å². The fourth-order valence-electron chi connectivity index (χ4n) is 2.12. The van der Waals surface area contributed by atoms with Crippen LogP contribution in [0.25, 0.3) is 0 Å². The van der Waals surface area contributed by atoms with Gasteiger partial charge in [0.15, 0.2) is 0 Å². The van der Waals surface area contributed by atoms with E-state index in [1.54, 1.807) is 0 Å². The lowest BCUT2D eigenvalue weighted by molar-refractivity contribution is -0.139. The summed E-state index contributed by atoms with van der Waals surface area (Å²) in [6.45, 7) is 6.15. The Kier molecular flexibility index (Phi) is 4.44. The van der Waals surface area contributed by atoms with E-state index >= 15 is 0 Å². The van der Waals surface area contributed by atoms with Crippen molar-refractivity contribution in [2.24, 2.45) is 11.8 Å². The average molecular weight is 223 g/mol. The fraction of sp³-hybridized carbons (Fsp3) is 1.00. The van der Waals surface area contributed by atoms with E-state index in [0.29, 0.717) is 11.8 Å². The minimum Gasteiger partial charge on any atom is -0.303 e. The van der Waals surface area contributed by atoms with Crippen molar-refractivity contribution in [3.63, 3.8) is 0 Å². The molecule has 1 rings (SSSR count). The second-order valence-corrected chi connectivity index (χ2v) is 4.81. The van der Waals surface area contributed by atoms with Crippen molar-refractivity contribution < 1.29 is 13.2 Å². The molecule has 0 aromatic heterocycles. The summed E-state index contributed by atoms with van der Waals surface area (Å²) in [5, 5.41) is 0. The molecule has 0 spiro atoms. The highest BCUT2D eigenvalue weighted by atomic mass is 19.4. The van der Waals surface area contributed by atoms with Gasteiger partial charge in [-0.05, 0) is 31.2 Å². The summed E-state index contributed by atoms with van der Waals surface area (Å²) in [6, 6.07) is 0. The lowest BCUT2D eigenvalue weighted by atomic mass is 9.88. The first-order valence-corrected chi connectivity index (χ1v) is 5.67. The van der Waals surface area contributed by atoms with Gasteiger partial charge in [-0.15, -0.1) is 0 Å². The van der Waals surface area contributed by atoms with Crippen LogP contribution in [-0.4, -0.2) is 30.7 Å². The number of rotatable bonds is 3. The molecule has 0 radical (unpaired) electrons. The fourth-order valence-corrected chi connectivity index (χ4v) is 2.12. The monoisotopic (exact) mass is 223 g/mol. The first-order chi connectivity index (χ1) is 6.88. The molecule has 1 heterocycles. The van der Waals surface area contributed by atoms with E-state index < -0.39 is 12.6 Å². The summed E-state index contributed by atoms with van der Waals surface area (Å²) in [5.74, 6) is 1.16. The van der Waals surface area contributed by atoms with Crippen LogP contribution in [0.2, 0.25) is 0 Å². The molecule has 90 valence electrons. The van der Waals surface area contributed by atoms with Gasteiger partial charge in [-0.3, -0.25) is 0 Å². The van der Waals surface area contributed by atoms with Crippen molar-refractivity contribution in [2.45, 2.75) is 39.3 Å². The maximum atomic E-state index is 12.0. The van der Waals surface area contributed by atoms with Gasteiger partial charge in [0.05, 0.1) is 6.42 Å². The molecule has 0 aromatic rings. The Labute approximate surface area is 89.6 Å². The summed E-state index contributed by atoms with van der Waals surface area (Å²) in [4.78, 5) is 1.96. The van der Waals surface area contributed by atoms with E-state index in [4.69, 9.17) is 0 Å². The van der Waals surface area contributed by atoms with Gasteiger partial charge in [0, 0.05) is 13.1 Å². The van der Waals surface area contributed by atoms with Crippen molar-refractivity contribution in [3.8, 4) is 0 Å². The van der Waals surface area contributed by atoms with Crippen molar-refractivity contribution in [1.29, 1.82) is 0 Å². The van der Waals surface area contributed by atoms with Crippen LogP contribution in [0.4, 0.5) is 13.2 Å². The minimum atomic E-state index is -4.01. The van der Waals surface area contributed by atoms with Gasteiger partial charge in [-0.25, -0.2) is 0 Å². The number of nitrogens with zero attached hydrogens (tertiary/aromatic N) is 1. The SMILES string of the molecule is CC(C)C1CCCN(CCC(F)(F)F)C1. The molecule has 0 N–H and O–H groups in total. The Morgan fingerprint density at radius 3 is 2.53 bits per heavy atom. The number of piperidine rings is 1. The topological polar surface area (TPSA) is 3.24 Å². The summed E-state index contributed by atoms with van der Waals surface area (Å²) in [5.41, 5.74) is 0. The molecule has 1 saturated heterocycles. The third-order valence-electron chi connectivity index (χ3n) is 3.20. The lowest BCUT2D eigenvalue weighted by Crippen LogP contribution is -2.39. The Morgan fingerprint density at radius 2 is 2.00 bits per heavy atom. The van der Waals surface area contributed by atoms with Gasteiger partial charge >= 0.3 is 6.18 Å². The number of hydrogen-bond donors (Lipinski definition) is 0. The second kappa shape index (κ2) is 5.19. The third kappa shape index (κ3) is 4.87. The molecule has 0 aromatic carbocycles. The molecular formula is C11H20F3N. The van der Waals surface area contributed by atoms with E-state index in [2.05, 4.69) is 13.8 Å². The zero-order valence-corrected chi connectivity index (χ0v) is 9.48. The van der Waals surface area contributed by atoms with Crippen LogP contribution in [0.3, 0.4) is 0 Å². The molecule has 1 aliphatic heterocycles. The van der Waals surface area contributed by atoms with Gasteiger partial charge in [0.25, 0.3) is 0 Å². The molecule has 0 amide bonds.